The van der Waals surface area contributed by atoms with Crippen molar-refractivity contribution in [2.75, 3.05) is 0 Å². The first-order chi connectivity index (χ1) is 7.68. The molecule has 0 bridgehead atoms. The Balaban J connectivity index is 2.41. The Labute approximate surface area is 101 Å². The van der Waals surface area contributed by atoms with Crippen molar-refractivity contribution in [2.45, 2.75) is 6.10 Å². The fourth-order valence-corrected chi connectivity index (χ4v) is 1.80. The maximum absolute atomic E-state index is 13.5. The van der Waals surface area contributed by atoms with Gasteiger partial charge >= 0.3 is 0 Å². The first-order valence-electron chi connectivity index (χ1n) is 4.72. The van der Waals surface area contributed by atoms with Gasteiger partial charge in [-0.1, -0.05) is 22.0 Å². The first-order valence-corrected chi connectivity index (χ1v) is 5.52. The molecule has 0 saturated heterocycles. The monoisotopic (exact) mass is 281 g/mol. The van der Waals surface area contributed by atoms with E-state index in [1.165, 1.54) is 6.07 Å². The fourth-order valence-electron chi connectivity index (χ4n) is 1.42. The summed E-state index contributed by atoms with van der Waals surface area (Å²) < 4.78 is 14.2. The molecule has 0 spiro atoms. The number of halogens is 2. The maximum atomic E-state index is 13.5. The van der Waals surface area contributed by atoms with E-state index >= 15 is 0 Å². The van der Waals surface area contributed by atoms with E-state index in [2.05, 4.69) is 20.9 Å². The number of aromatic nitrogens is 1. The van der Waals surface area contributed by atoms with Gasteiger partial charge in [-0.2, -0.15) is 0 Å². The van der Waals surface area contributed by atoms with Crippen molar-refractivity contribution >= 4 is 15.9 Å². The van der Waals surface area contributed by atoms with Gasteiger partial charge in [-0.25, -0.2) is 4.39 Å². The van der Waals surface area contributed by atoms with Crippen molar-refractivity contribution in [1.29, 1.82) is 0 Å². The Kier molecular flexibility index (Phi) is 3.31. The topological polar surface area (TPSA) is 33.1 Å². The van der Waals surface area contributed by atoms with Crippen LogP contribution < -0.4 is 0 Å². The van der Waals surface area contributed by atoms with Crippen LogP contribution in [-0.4, -0.2) is 10.1 Å². The highest BCUT2D eigenvalue weighted by Crippen LogP contribution is 2.25. The smallest absolute Gasteiger partial charge is 0.129 e. The number of aliphatic hydroxyl groups is 1. The molecule has 0 aliphatic heterocycles. The van der Waals surface area contributed by atoms with E-state index < -0.39 is 11.9 Å². The molecule has 1 N–H and O–H groups in total. The second-order valence-corrected chi connectivity index (χ2v) is 4.24. The Morgan fingerprint density at radius 2 is 2.06 bits per heavy atom. The van der Waals surface area contributed by atoms with Crippen molar-refractivity contribution < 1.29 is 9.50 Å². The zero-order valence-corrected chi connectivity index (χ0v) is 9.86. The molecule has 0 saturated carbocycles. The molecule has 1 atom stereocenters. The van der Waals surface area contributed by atoms with Gasteiger partial charge in [0.25, 0.3) is 0 Å². The van der Waals surface area contributed by atoms with Gasteiger partial charge in [0.1, 0.15) is 11.9 Å². The van der Waals surface area contributed by atoms with Gasteiger partial charge in [-0.3, -0.25) is 4.98 Å². The van der Waals surface area contributed by atoms with Crippen LogP contribution in [0, 0.1) is 5.82 Å². The summed E-state index contributed by atoms with van der Waals surface area (Å²) in [4.78, 5) is 3.99. The zero-order chi connectivity index (χ0) is 11.5. The van der Waals surface area contributed by atoms with Crippen LogP contribution in [0.3, 0.4) is 0 Å². The van der Waals surface area contributed by atoms with Gasteiger partial charge in [0.05, 0.1) is 5.69 Å². The van der Waals surface area contributed by atoms with Crippen molar-refractivity contribution in [3.05, 3.63) is 64.1 Å². The summed E-state index contributed by atoms with van der Waals surface area (Å²) in [5, 5.41) is 9.97. The van der Waals surface area contributed by atoms with Crippen LogP contribution in [0.1, 0.15) is 17.4 Å². The highest BCUT2D eigenvalue weighted by atomic mass is 79.9. The molecule has 1 aromatic heterocycles. The summed E-state index contributed by atoms with van der Waals surface area (Å²) >= 11 is 3.24. The van der Waals surface area contributed by atoms with Gasteiger partial charge in [0.15, 0.2) is 0 Å². The van der Waals surface area contributed by atoms with E-state index in [1.54, 1.807) is 36.5 Å². The first kappa shape index (κ1) is 11.2. The third kappa shape index (κ3) is 2.28. The molecule has 0 aliphatic carbocycles. The largest absolute Gasteiger partial charge is 0.382 e. The van der Waals surface area contributed by atoms with Crippen LogP contribution in [0.2, 0.25) is 0 Å². The molecule has 2 nitrogen and oxygen atoms in total. The molecule has 0 fully saturated rings. The molecule has 0 amide bonds. The summed E-state index contributed by atoms with van der Waals surface area (Å²) in [5.74, 6) is -0.443. The molecular weight excluding hydrogens is 273 g/mol. The number of pyridine rings is 1. The summed E-state index contributed by atoms with van der Waals surface area (Å²) in [7, 11) is 0. The lowest BCUT2D eigenvalue weighted by Gasteiger charge is -2.11. The molecule has 82 valence electrons. The van der Waals surface area contributed by atoms with Gasteiger partial charge in [0, 0.05) is 16.2 Å². The quantitative estimate of drug-likeness (QED) is 0.918. The molecule has 1 heterocycles. The average molecular weight is 282 g/mol. The average Bonchev–Trinajstić information content (AvgIpc) is 2.32. The van der Waals surface area contributed by atoms with E-state index in [-0.39, 0.29) is 5.56 Å². The molecular formula is C12H9BrFNO. The van der Waals surface area contributed by atoms with E-state index in [9.17, 15) is 9.50 Å². The minimum atomic E-state index is -1.04. The van der Waals surface area contributed by atoms with Gasteiger partial charge in [-0.05, 0) is 30.3 Å². The van der Waals surface area contributed by atoms with E-state index in [0.29, 0.717) is 5.69 Å². The van der Waals surface area contributed by atoms with Gasteiger partial charge in [0.2, 0.25) is 0 Å². The SMILES string of the molecule is OC(c1ccccn1)c1cc(Br)ccc1F. The van der Waals surface area contributed by atoms with E-state index in [0.717, 1.165) is 4.47 Å². The lowest BCUT2D eigenvalue weighted by molar-refractivity contribution is 0.210. The van der Waals surface area contributed by atoms with Crippen LogP contribution in [0.5, 0.6) is 0 Å². The van der Waals surface area contributed by atoms with E-state index in [1.807, 2.05) is 0 Å². The third-order valence-electron chi connectivity index (χ3n) is 2.22. The highest BCUT2D eigenvalue weighted by Gasteiger charge is 2.15. The highest BCUT2D eigenvalue weighted by molar-refractivity contribution is 9.10. The fraction of sp³-hybridized carbons (Fsp3) is 0.0833. The summed E-state index contributed by atoms with van der Waals surface area (Å²) in [6.45, 7) is 0. The molecule has 0 aliphatic rings. The predicted octanol–water partition coefficient (Wildman–Crippen LogP) is 3.06. The maximum Gasteiger partial charge on any atom is 0.129 e. The van der Waals surface area contributed by atoms with Crippen molar-refractivity contribution in [1.82, 2.24) is 4.98 Å². The van der Waals surface area contributed by atoms with Crippen molar-refractivity contribution in [3.8, 4) is 0 Å². The minimum Gasteiger partial charge on any atom is -0.382 e. The normalized spacial score (nSPS) is 12.4. The second kappa shape index (κ2) is 4.72. The standard InChI is InChI=1S/C12H9BrFNO/c13-8-4-5-10(14)9(7-8)12(16)11-3-1-2-6-15-11/h1-7,12,16H. The molecule has 4 heteroatoms. The van der Waals surface area contributed by atoms with Gasteiger partial charge < -0.3 is 5.11 Å². The summed E-state index contributed by atoms with van der Waals surface area (Å²) in [6.07, 6.45) is 0.521. The van der Waals surface area contributed by atoms with Crippen LogP contribution in [-0.2, 0) is 0 Å². The van der Waals surface area contributed by atoms with Crippen LogP contribution in [0.4, 0.5) is 4.39 Å². The van der Waals surface area contributed by atoms with Crippen LogP contribution in [0.25, 0.3) is 0 Å². The minimum absolute atomic E-state index is 0.216. The van der Waals surface area contributed by atoms with Crippen molar-refractivity contribution in [2.24, 2.45) is 0 Å². The molecule has 2 rings (SSSR count). The summed E-state index contributed by atoms with van der Waals surface area (Å²) in [5.41, 5.74) is 0.646. The Hall–Kier alpha value is -1.26. The predicted molar refractivity (Wildman–Crippen MR) is 62.4 cm³/mol. The Morgan fingerprint density at radius 3 is 2.75 bits per heavy atom. The molecule has 0 radical (unpaired) electrons. The molecule has 1 aromatic carbocycles. The number of hydrogen-bond acceptors (Lipinski definition) is 2. The molecule has 1 unspecified atom stereocenters. The zero-order valence-electron chi connectivity index (χ0n) is 8.27. The van der Waals surface area contributed by atoms with Crippen LogP contribution in [0.15, 0.2) is 47.1 Å². The third-order valence-corrected chi connectivity index (χ3v) is 2.71. The molecule has 2 aromatic rings. The second-order valence-electron chi connectivity index (χ2n) is 3.32. The Bertz CT molecular complexity index is 490. The Morgan fingerprint density at radius 1 is 1.25 bits per heavy atom. The number of aliphatic hydroxyl groups excluding tert-OH is 1. The van der Waals surface area contributed by atoms with E-state index in [4.69, 9.17) is 0 Å². The number of hydrogen-bond donors (Lipinski definition) is 1. The van der Waals surface area contributed by atoms with Crippen LogP contribution >= 0.6 is 15.9 Å². The lowest BCUT2D eigenvalue weighted by atomic mass is 10.1. The number of benzene rings is 1. The number of rotatable bonds is 2. The molecule has 16 heavy (non-hydrogen) atoms. The van der Waals surface area contributed by atoms with Gasteiger partial charge in [-0.15, -0.1) is 0 Å². The van der Waals surface area contributed by atoms with Crippen molar-refractivity contribution in [3.63, 3.8) is 0 Å². The summed E-state index contributed by atoms with van der Waals surface area (Å²) in [6, 6.07) is 9.60. The number of nitrogens with zero attached hydrogens (tertiary/aromatic N) is 1. The lowest BCUT2D eigenvalue weighted by Crippen LogP contribution is -2.04.